The highest BCUT2D eigenvalue weighted by molar-refractivity contribution is 5.85. The zero-order valence-corrected chi connectivity index (χ0v) is 10.9. The maximum Gasteiger partial charge on any atom is 0.0348 e. The van der Waals surface area contributed by atoms with E-state index in [1.807, 2.05) is 0 Å². The van der Waals surface area contributed by atoms with Crippen LogP contribution in [0.25, 0.3) is 0 Å². The highest BCUT2D eigenvalue weighted by Gasteiger charge is 2.31. The van der Waals surface area contributed by atoms with Crippen molar-refractivity contribution in [3.8, 4) is 0 Å². The number of piperidine rings is 1. The van der Waals surface area contributed by atoms with Gasteiger partial charge in [-0.2, -0.15) is 0 Å². The zero-order valence-electron chi connectivity index (χ0n) is 10.0. The minimum atomic E-state index is 0. The molecule has 0 aromatic heterocycles. The number of hydrogen-bond donors (Lipinski definition) is 1. The fourth-order valence-electron chi connectivity index (χ4n) is 2.81. The second-order valence-electron chi connectivity index (χ2n) is 5.33. The lowest BCUT2D eigenvalue weighted by Gasteiger charge is -2.46. The molecule has 2 saturated heterocycles. The van der Waals surface area contributed by atoms with E-state index in [1.165, 1.54) is 45.3 Å². The summed E-state index contributed by atoms with van der Waals surface area (Å²) in [5.41, 5.74) is 0. The highest BCUT2D eigenvalue weighted by atomic mass is 35.5. The Kier molecular flexibility index (Phi) is 5.37. The van der Waals surface area contributed by atoms with Crippen LogP contribution in [0.5, 0.6) is 0 Å². The van der Waals surface area contributed by atoms with Crippen LogP contribution in [-0.2, 0) is 0 Å². The molecule has 0 spiro atoms. The van der Waals surface area contributed by atoms with Crippen molar-refractivity contribution in [3.63, 3.8) is 0 Å². The van der Waals surface area contributed by atoms with Crippen molar-refractivity contribution in [2.75, 3.05) is 19.6 Å². The van der Waals surface area contributed by atoms with Gasteiger partial charge in [0.1, 0.15) is 0 Å². The van der Waals surface area contributed by atoms with Crippen molar-refractivity contribution < 1.29 is 0 Å². The summed E-state index contributed by atoms with van der Waals surface area (Å²) in [5, 5.41) is 3.39. The van der Waals surface area contributed by atoms with Crippen molar-refractivity contribution in [1.82, 2.24) is 10.2 Å². The normalized spacial score (nSPS) is 28.6. The molecule has 2 nitrogen and oxygen atoms in total. The number of hydrogen-bond acceptors (Lipinski definition) is 2. The van der Waals surface area contributed by atoms with Crippen LogP contribution < -0.4 is 5.32 Å². The summed E-state index contributed by atoms with van der Waals surface area (Å²) in [6.45, 7) is 8.52. The Bertz CT molecular complexity index is 180. The largest absolute Gasteiger partial charge is 0.314 e. The Morgan fingerprint density at radius 2 is 2.00 bits per heavy atom. The van der Waals surface area contributed by atoms with Crippen LogP contribution in [0.3, 0.4) is 0 Å². The van der Waals surface area contributed by atoms with E-state index >= 15 is 0 Å². The second kappa shape index (κ2) is 6.07. The van der Waals surface area contributed by atoms with E-state index in [0.29, 0.717) is 0 Å². The SMILES string of the molecule is CC(C)CC1CCCCN1C1CNC1.Cl. The van der Waals surface area contributed by atoms with Gasteiger partial charge < -0.3 is 5.32 Å². The van der Waals surface area contributed by atoms with Crippen molar-refractivity contribution in [3.05, 3.63) is 0 Å². The first kappa shape index (κ1) is 13.3. The molecule has 1 N–H and O–H groups in total. The van der Waals surface area contributed by atoms with Crippen LogP contribution >= 0.6 is 12.4 Å². The lowest BCUT2D eigenvalue weighted by atomic mass is 9.91. The van der Waals surface area contributed by atoms with Crippen molar-refractivity contribution in [1.29, 1.82) is 0 Å². The molecule has 2 heterocycles. The molecule has 2 rings (SSSR count). The molecule has 15 heavy (non-hydrogen) atoms. The minimum Gasteiger partial charge on any atom is -0.314 e. The monoisotopic (exact) mass is 232 g/mol. The fourth-order valence-corrected chi connectivity index (χ4v) is 2.81. The molecule has 2 fully saturated rings. The second-order valence-corrected chi connectivity index (χ2v) is 5.33. The maximum atomic E-state index is 3.39. The molecular weight excluding hydrogens is 208 g/mol. The first-order chi connectivity index (χ1) is 6.77. The van der Waals surface area contributed by atoms with Crippen LogP contribution in [0.2, 0.25) is 0 Å². The molecule has 0 aliphatic carbocycles. The predicted octanol–water partition coefficient (Wildman–Crippen LogP) is 2.28. The van der Waals surface area contributed by atoms with Gasteiger partial charge in [0.05, 0.1) is 0 Å². The molecule has 0 aromatic rings. The molecular formula is C12H25ClN2. The van der Waals surface area contributed by atoms with E-state index in [2.05, 4.69) is 24.1 Å². The molecule has 0 radical (unpaired) electrons. The number of nitrogens with zero attached hydrogens (tertiary/aromatic N) is 1. The topological polar surface area (TPSA) is 15.3 Å². The summed E-state index contributed by atoms with van der Waals surface area (Å²) in [5.74, 6) is 0.855. The molecule has 0 saturated carbocycles. The van der Waals surface area contributed by atoms with E-state index in [9.17, 15) is 0 Å². The molecule has 2 aliphatic rings. The van der Waals surface area contributed by atoms with Crippen molar-refractivity contribution in [2.45, 2.75) is 51.6 Å². The minimum absolute atomic E-state index is 0. The third-order valence-electron chi connectivity index (χ3n) is 3.65. The summed E-state index contributed by atoms with van der Waals surface area (Å²) >= 11 is 0. The van der Waals surface area contributed by atoms with Gasteiger partial charge in [-0.1, -0.05) is 20.3 Å². The molecule has 0 bridgehead atoms. The third-order valence-corrected chi connectivity index (χ3v) is 3.65. The molecule has 1 unspecified atom stereocenters. The van der Waals surface area contributed by atoms with Gasteiger partial charge in [-0.25, -0.2) is 0 Å². The predicted molar refractivity (Wildman–Crippen MR) is 67.7 cm³/mol. The number of halogens is 1. The standard InChI is InChI=1S/C12H24N2.ClH/c1-10(2)7-11-5-3-4-6-14(11)12-8-13-9-12;/h10-13H,3-9H2,1-2H3;1H. The summed E-state index contributed by atoms with van der Waals surface area (Å²) in [6, 6.07) is 1.75. The van der Waals surface area contributed by atoms with Crippen LogP contribution in [-0.4, -0.2) is 36.6 Å². The number of rotatable bonds is 3. The van der Waals surface area contributed by atoms with Crippen LogP contribution in [0.4, 0.5) is 0 Å². The Morgan fingerprint density at radius 3 is 2.53 bits per heavy atom. The van der Waals surface area contributed by atoms with Gasteiger partial charge in [0.15, 0.2) is 0 Å². The first-order valence-electron chi connectivity index (χ1n) is 6.24. The zero-order chi connectivity index (χ0) is 9.97. The van der Waals surface area contributed by atoms with Crippen molar-refractivity contribution >= 4 is 12.4 Å². The first-order valence-corrected chi connectivity index (χ1v) is 6.24. The summed E-state index contributed by atoms with van der Waals surface area (Å²) in [7, 11) is 0. The van der Waals surface area contributed by atoms with Gasteiger partial charge in [-0.15, -0.1) is 12.4 Å². The summed E-state index contributed by atoms with van der Waals surface area (Å²) in [6.07, 6.45) is 5.71. The summed E-state index contributed by atoms with van der Waals surface area (Å²) < 4.78 is 0. The van der Waals surface area contributed by atoms with Gasteiger partial charge in [0, 0.05) is 25.2 Å². The average molecular weight is 233 g/mol. The van der Waals surface area contributed by atoms with E-state index < -0.39 is 0 Å². The van der Waals surface area contributed by atoms with Crippen LogP contribution in [0, 0.1) is 5.92 Å². The smallest absolute Gasteiger partial charge is 0.0348 e. The Hall–Kier alpha value is 0.210. The van der Waals surface area contributed by atoms with Crippen LogP contribution in [0.15, 0.2) is 0 Å². The average Bonchev–Trinajstić information content (AvgIpc) is 2.04. The molecule has 2 aliphatic heterocycles. The Balaban J connectivity index is 0.00000112. The Morgan fingerprint density at radius 1 is 1.27 bits per heavy atom. The van der Waals surface area contributed by atoms with E-state index in [4.69, 9.17) is 0 Å². The van der Waals surface area contributed by atoms with Crippen molar-refractivity contribution in [2.24, 2.45) is 5.92 Å². The van der Waals surface area contributed by atoms with Gasteiger partial charge in [-0.05, 0) is 31.7 Å². The van der Waals surface area contributed by atoms with Gasteiger partial charge in [0.2, 0.25) is 0 Å². The molecule has 0 aromatic carbocycles. The van der Waals surface area contributed by atoms with E-state index in [0.717, 1.165) is 18.0 Å². The van der Waals surface area contributed by atoms with Gasteiger partial charge in [-0.3, -0.25) is 4.90 Å². The third kappa shape index (κ3) is 3.33. The summed E-state index contributed by atoms with van der Waals surface area (Å²) in [4.78, 5) is 2.78. The Labute approximate surface area is 100 Å². The lowest BCUT2D eigenvalue weighted by Crippen LogP contribution is -2.61. The van der Waals surface area contributed by atoms with Gasteiger partial charge in [0.25, 0.3) is 0 Å². The molecule has 90 valence electrons. The molecule has 3 heteroatoms. The quantitative estimate of drug-likeness (QED) is 0.803. The van der Waals surface area contributed by atoms with E-state index in [-0.39, 0.29) is 12.4 Å². The highest BCUT2D eigenvalue weighted by Crippen LogP contribution is 2.25. The molecule has 0 amide bonds. The number of nitrogens with one attached hydrogen (secondary N) is 1. The van der Waals surface area contributed by atoms with Gasteiger partial charge >= 0.3 is 0 Å². The maximum absolute atomic E-state index is 3.39. The molecule has 1 atom stereocenters. The fraction of sp³-hybridized carbons (Fsp3) is 1.00. The lowest BCUT2D eigenvalue weighted by molar-refractivity contribution is 0.0543. The van der Waals surface area contributed by atoms with E-state index in [1.54, 1.807) is 0 Å². The number of likely N-dealkylation sites (tertiary alicyclic amines) is 1. The van der Waals surface area contributed by atoms with Crippen LogP contribution in [0.1, 0.15) is 39.5 Å².